The van der Waals surface area contributed by atoms with Crippen LogP contribution in [0.5, 0.6) is 11.5 Å². The van der Waals surface area contributed by atoms with E-state index >= 15 is 0 Å². The van der Waals surface area contributed by atoms with Crippen LogP contribution in [0.4, 0.5) is 4.79 Å². The molecule has 1 N–H and O–H groups in total. The van der Waals surface area contributed by atoms with E-state index in [-0.39, 0.29) is 6.03 Å². The number of ether oxygens (including phenoxy) is 2. The Morgan fingerprint density at radius 2 is 1.75 bits per heavy atom. The third-order valence-electron chi connectivity index (χ3n) is 3.79. The average Bonchev–Trinajstić information content (AvgIpc) is 2.62. The second-order valence-corrected chi connectivity index (χ2v) is 5.50. The molecule has 0 fully saturated rings. The van der Waals surface area contributed by atoms with E-state index in [1.807, 2.05) is 48.5 Å². The minimum absolute atomic E-state index is 0.0966. The molecule has 2 aromatic rings. The molecular formula is C19H24N2O3. The topological polar surface area (TPSA) is 50.8 Å². The molecule has 2 aromatic carbocycles. The highest BCUT2D eigenvalue weighted by Crippen LogP contribution is 2.17. The third kappa shape index (κ3) is 4.91. The van der Waals surface area contributed by atoms with Crippen molar-refractivity contribution in [2.45, 2.75) is 13.0 Å². The van der Waals surface area contributed by atoms with E-state index in [0.29, 0.717) is 13.1 Å². The van der Waals surface area contributed by atoms with E-state index in [9.17, 15) is 4.79 Å². The number of methoxy groups -OCH3 is 2. The summed E-state index contributed by atoms with van der Waals surface area (Å²) in [5, 5.41) is 2.93. The van der Waals surface area contributed by atoms with E-state index in [1.165, 1.54) is 0 Å². The summed E-state index contributed by atoms with van der Waals surface area (Å²) >= 11 is 0. The van der Waals surface area contributed by atoms with Gasteiger partial charge in [-0.05, 0) is 35.7 Å². The molecule has 2 rings (SSSR count). The average molecular weight is 328 g/mol. The number of para-hydroxylation sites is 1. The first-order valence-corrected chi connectivity index (χ1v) is 7.88. The van der Waals surface area contributed by atoms with Crippen LogP contribution >= 0.6 is 0 Å². The highest BCUT2D eigenvalue weighted by Gasteiger charge is 2.09. The largest absolute Gasteiger partial charge is 0.497 e. The van der Waals surface area contributed by atoms with E-state index in [2.05, 4.69) is 5.32 Å². The Morgan fingerprint density at radius 3 is 2.42 bits per heavy atom. The van der Waals surface area contributed by atoms with Crippen LogP contribution in [0.1, 0.15) is 11.1 Å². The molecule has 128 valence electrons. The molecule has 2 amide bonds. The molecule has 0 saturated carbocycles. The minimum atomic E-state index is -0.0966. The standard InChI is InChI=1S/C19H24N2O3/c1-21(14-15-8-10-17(23-2)11-9-15)19(22)20-13-12-16-6-4-5-7-18(16)24-3/h4-11H,12-14H2,1-3H3,(H,20,22). The number of rotatable bonds is 7. The van der Waals surface area contributed by atoms with Crippen molar-refractivity contribution in [2.24, 2.45) is 0 Å². The van der Waals surface area contributed by atoms with Crippen molar-refractivity contribution in [3.63, 3.8) is 0 Å². The fraction of sp³-hybridized carbons (Fsp3) is 0.316. The molecular weight excluding hydrogens is 304 g/mol. The number of carbonyl (C=O) groups excluding carboxylic acids is 1. The number of nitrogens with zero attached hydrogens (tertiary/aromatic N) is 1. The van der Waals surface area contributed by atoms with Gasteiger partial charge in [0.1, 0.15) is 11.5 Å². The van der Waals surface area contributed by atoms with E-state index < -0.39 is 0 Å². The van der Waals surface area contributed by atoms with Gasteiger partial charge in [-0.15, -0.1) is 0 Å². The first-order chi connectivity index (χ1) is 11.6. The minimum Gasteiger partial charge on any atom is -0.497 e. The Morgan fingerprint density at radius 1 is 1.04 bits per heavy atom. The van der Waals surface area contributed by atoms with Gasteiger partial charge in [-0.3, -0.25) is 0 Å². The number of hydrogen-bond donors (Lipinski definition) is 1. The van der Waals surface area contributed by atoms with Crippen LogP contribution in [-0.4, -0.2) is 38.7 Å². The summed E-state index contributed by atoms with van der Waals surface area (Å²) in [5.41, 5.74) is 2.14. The fourth-order valence-corrected chi connectivity index (χ4v) is 2.43. The predicted molar refractivity (Wildman–Crippen MR) is 94.6 cm³/mol. The molecule has 24 heavy (non-hydrogen) atoms. The zero-order valence-electron chi connectivity index (χ0n) is 14.4. The molecule has 0 aromatic heterocycles. The second-order valence-electron chi connectivity index (χ2n) is 5.50. The molecule has 0 atom stereocenters. The summed E-state index contributed by atoms with van der Waals surface area (Å²) in [7, 11) is 5.07. The Bertz CT molecular complexity index is 656. The van der Waals surface area contributed by atoms with E-state index in [1.54, 1.807) is 26.2 Å². The van der Waals surface area contributed by atoms with Crippen LogP contribution in [-0.2, 0) is 13.0 Å². The Balaban J connectivity index is 1.80. The van der Waals surface area contributed by atoms with Crippen molar-refractivity contribution in [1.29, 1.82) is 0 Å². The summed E-state index contributed by atoms with van der Waals surface area (Å²) in [4.78, 5) is 13.8. The number of carbonyl (C=O) groups is 1. The molecule has 0 radical (unpaired) electrons. The maximum absolute atomic E-state index is 12.2. The summed E-state index contributed by atoms with van der Waals surface area (Å²) in [6.45, 7) is 1.11. The summed E-state index contributed by atoms with van der Waals surface area (Å²) in [5.74, 6) is 1.65. The molecule has 0 saturated heterocycles. The highest BCUT2D eigenvalue weighted by molar-refractivity contribution is 5.73. The van der Waals surface area contributed by atoms with Crippen molar-refractivity contribution in [3.05, 3.63) is 59.7 Å². The van der Waals surface area contributed by atoms with Crippen LogP contribution in [0.2, 0.25) is 0 Å². The van der Waals surface area contributed by atoms with Crippen LogP contribution in [0.3, 0.4) is 0 Å². The SMILES string of the molecule is COc1ccc(CN(C)C(=O)NCCc2ccccc2OC)cc1. The number of amides is 2. The van der Waals surface area contributed by atoms with Gasteiger partial charge in [0, 0.05) is 20.1 Å². The van der Waals surface area contributed by atoms with Crippen LogP contribution in [0, 0.1) is 0 Å². The first kappa shape index (κ1) is 17.7. The number of benzene rings is 2. The number of hydrogen-bond acceptors (Lipinski definition) is 3. The normalized spacial score (nSPS) is 10.1. The van der Waals surface area contributed by atoms with Gasteiger partial charge in [-0.1, -0.05) is 30.3 Å². The molecule has 0 unspecified atom stereocenters. The molecule has 0 bridgehead atoms. The molecule has 0 heterocycles. The molecule has 0 aliphatic heterocycles. The lowest BCUT2D eigenvalue weighted by atomic mass is 10.1. The molecule has 0 aliphatic rings. The molecule has 0 aliphatic carbocycles. The zero-order valence-corrected chi connectivity index (χ0v) is 14.4. The van der Waals surface area contributed by atoms with Gasteiger partial charge < -0.3 is 19.7 Å². The maximum Gasteiger partial charge on any atom is 0.317 e. The number of nitrogens with one attached hydrogen (secondary N) is 1. The van der Waals surface area contributed by atoms with Gasteiger partial charge in [0.25, 0.3) is 0 Å². The van der Waals surface area contributed by atoms with Crippen molar-refractivity contribution < 1.29 is 14.3 Å². The molecule has 5 heteroatoms. The lowest BCUT2D eigenvalue weighted by Crippen LogP contribution is -2.37. The molecule has 5 nitrogen and oxygen atoms in total. The fourth-order valence-electron chi connectivity index (χ4n) is 2.43. The van der Waals surface area contributed by atoms with Gasteiger partial charge in [-0.2, -0.15) is 0 Å². The molecule has 0 spiro atoms. The van der Waals surface area contributed by atoms with Crippen molar-refractivity contribution >= 4 is 6.03 Å². The van der Waals surface area contributed by atoms with Crippen molar-refractivity contribution in [2.75, 3.05) is 27.8 Å². The Kier molecular flexibility index (Phi) is 6.49. The van der Waals surface area contributed by atoms with Crippen LogP contribution in [0.15, 0.2) is 48.5 Å². The van der Waals surface area contributed by atoms with E-state index in [4.69, 9.17) is 9.47 Å². The monoisotopic (exact) mass is 328 g/mol. The highest BCUT2D eigenvalue weighted by atomic mass is 16.5. The lowest BCUT2D eigenvalue weighted by Gasteiger charge is -2.18. The van der Waals surface area contributed by atoms with Crippen molar-refractivity contribution in [1.82, 2.24) is 10.2 Å². The quantitative estimate of drug-likeness (QED) is 0.850. The smallest absolute Gasteiger partial charge is 0.317 e. The Labute approximate surface area is 143 Å². The lowest BCUT2D eigenvalue weighted by molar-refractivity contribution is 0.207. The predicted octanol–water partition coefficient (Wildman–Crippen LogP) is 3.09. The van der Waals surface area contributed by atoms with Crippen LogP contribution in [0.25, 0.3) is 0 Å². The summed E-state index contributed by atoms with van der Waals surface area (Å²) < 4.78 is 10.4. The zero-order chi connectivity index (χ0) is 17.4. The van der Waals surface area contributed by atoms with Gasteiger partial charge in [0.05, 0.1) is 14.2 Å². The second kappa shape index (κ2) is 8.82. The van der Waals surface area contributed by atoms with Gasteiger partial charge >= 0.3 is 6.03 Å². The van der Waals surface area contributed by atoms with Crippen LogP contribution < -0.4 is 14.8 Å². The number of urea groups is 1. The Hall–Kier alpha value is -2.69. The van der Waals surface area contributed by atoms with Gasteiger partial charge in [0.2, 0.25) is 0 Å². The summed E-state index contributed by atoms with van der Waals surface area (Å²) in [6.07, 6.45) is 0.728. The van der Waals surface area contributed by atoms with E-state index in [0.717, 1.165) is 29.0 Å². The maximum atomic E-state index is 12.2. The van der Waals surface area contributed by atoms with Gasteiger partial charge in [0.15, 0.2) is 0 Å². The summed E-state index contributed by atoms with van der Waals surface area (Å²) in [6, 6.07) is 15.4. The van der Waals surface area contributed by atoms with Crippen molar-refractivity contribution in [3.8, 4) is 11.5 Å². The van der Waals surface area contributed by atoms with Gasteiger partial charge in [-0.25, -0.2) is 4.79 Å². The third-order valence-corrected chi connectivity index (χ3v) is 3.79. The first-order valence-electron chi connectivity index (χ1n) is 7.88.